The Labute approximate surface area is 178 Å². The minimum absolute atomic E-state index is 0. The van der Waals surface area contributed by atoms with E-state index in [2.05, 4.69) is 48.7 Å². The van der Waals surface area contributed by atoms with Crippen LogP contribution in [-0.4, -0.2) is 48.7 Å². The summed E-state index contributed by atoms with van der Waals surface area (Å²) in [5.74, 6) is 1.95. The molecule has 2 aromatic heterocycles. The number of hydrogen-bond donors (Lipinski definition) is 2. The van der Waals surface area contributed by atoms with Crippen LogP contribution in [0.5, 0.6) is 0 Å². The molecule has 1 saturated heterocycles. The van der Waals surface area contributed by atoms with E-state index in [1.807, 2.05) is 38.5 Å². The predicted molar refractivity (Wildman–Crippen MR) is 122 cm³/mol. The van der Waals surface area contributed by atoms with Crippen molar-refractivity contribution >= 4 is 35.8 Å². The molecule has 0 unspecified atom stereocenters. The molecule has 0 saturated carbocycles. The third-order valence-corrected chi connectivity index (χ3v) is 4.71. The van der Waals surface area contributed by atoms with E-state index >= 15 is 0 Å². The second-order valence-electron chi connectivity index (χ2n) is 6.65. The zero-order chi connectivity index (χ0) is 18.2. The molecule has 0 atom stereocenters. The Morgan fingerprint density at radius 2 is 2.00 bits per heavy atom. The van der Waals surface area contributed by atoms with Crippen LogP contribution < -0.4 is 15.5 Å². The molecule has 6 nitrogen and oxygen atoms in total. The molecule has 0 radical (unpaired) electrons. The number of aryl methyl sites for hydroxylation is 1. The quantitative estimate of drug-likeness (QED) is 0.392. The number of aliphatic imine (C=N–C) groups is 1. The molecule has 27 heavy (non-hydrogen) atoms. The number of guanidine groups is 1. The van der Waals surface area contributed by atoms with Crippen LogP contribution in [0, 0.1) is 6.92 Å². The average molecular weight is 480 g/mol. The lowest BCUT2D eigenvalue weighted by Gasteiger charge is -2.33. The number of rotatable bonds is 5. The fourth-order valence-electron chi connectivity index (χ4n) is 3.15. The molecule has 2 N–H and O–H groups in total. The maximum absolute atomic E-state index is 4.44. The first-order chi connectivity index (χ1) is 12.7. The molecule has 1 aliphatic heterocycles. The van der Waals surface area contributed by atoms with Gasteiger partial charge in [0.25, 0.3) is 0 Å². The van der Waals surface area contributed by atoms with Crippen LogP contribution in [0.2, 0.25) is 0 Å². The monoisotopic (exact) mass is 480 g/mol. The van der Waals surface area contributed by atoms with Gasteiger partial charge in [0.05, 0.1) is 0 Å². The summed E-state index contributed by atoms with van der Waals surface area (Å²) in [5, 5.41) is 6.96. The molecule has 2 aromatic rings. The minimum Gasteiger partial charge on any atom is -0.356 e. The van der Waals surface area contributed by atoms with Crippen LogP contribution in [0.4, 0.5) is 5.82 Å². The first-order valence-corrected chi connectivity index (χ1v) is 9.29. The highest BCUT2D eigenvalue weighted by atomic mass is 127. The molecule has 0 bridgehead atoms. The molecular formula is C20H29IN6. The first-order valence-electron chi connectivity index (χ1n) is 9.29. The predicted octanol–water partition coefficient (Wildman–Crippen LogP) is 2.78. The second-order valence-corrected chi connectivity index (χ2v) is 6.65. The van der Waals surface area contributed by atoms with Crippen LogP contribution in [0.1, 0.15) is 24.1 Å². The highest BCUT2D eigenvalue weighted by Crippen LogP contribution is 2.17. The van der Waals surface area contributed by atoms with E-state index in [-0.39, 0.29) is 24.0 Å². The highest BCUT2D eigenvalue weighted by Gasteiger charge is 2.20. The number of pyridine rings is 2. The Morgan fingerprint density at radius 3 is 2.63 bits per heavy atom. The summed E-state index contributed by atoms with van der Waals surface area (Å²) in [7, 11) is 1.83. The number of nitrogens with one attached hydrogen (secondary N) is 2. The van der Waals surface area contributed by atoms with Gasteiger partial charge in [-0.05, 0) is 49.9 Å². The van der Waals surface area contributed by atoms with Crippen LogP contribution >= 0.6 is 24.0 Å². The van der Waals surface area contributed by atoms with Gasteiger partial charge < -0.3 is 15.5 Å². The van der Waals surface area contributed by atoms with Crippen LogP contribution in [0.3, 0.4) is 0 Å². The van der Waals surface area contributed by atoms with Crippen LogP contribution in [0.25, 0.3) is 0 Å². The maximum Gasteiger partial charge on any atom is 0.191 e. The summed E-state index contributed by atoms with van der Waals surface area (Å²) in [6.45, 7) is 4.88. The third-order valence-electron chi connectivity index (χ3n) is 4.71. The van der Waals surface area contributed by atoms with Crippen LogP contribution in [-0.2, 0) is 6.42 Å². The van der Waals surface area contributed by atoms with E-state index in [1.54, 1.807) is 0 Å². The summed E-state index contributed by atoms with van der Waals surface area (Å²) < 4.78 is 0. The Bertz CT molecular complexity index is 696. The van der Waals surface area contributed by atoms with Gasteiger partial charge in [0.15, 0.2) is 5.96 Å². The van der Waals surface area contributed by atoms with E-state index < -0.39 is 0 Å². The Balaban J connectivity index is 0.00000261. The van der Waals surface area contributed by atoms with Crippen molar-refractivity contribution in [3.63, 3.8) is 0 Å². The first kappa shape index (κ1) is 21.4. The topological polar surface area (TPSA) is 65.4 Å². The lowest BCUT2D eigenvalue weighted by molar-refractivity contribution is 0.459. The molecule has 0 spiro atoms. The van der Waals surface area contributed by atoms with Crippen molar-refractivity contribution in [2.75, 3.05) is 31.6 Å². The number of halogens is 1. The van der Waals surface area contributed by atoms with Gasteiger partial charge in [-0.3, -0.25) is 9.98 Å². The number of hydrogen-bond acceptors (Lipinski definition) is 4. The summed E-state index contributed by atoms with van der Waals surface area (Å²) in [6, 6.07) is 10.7. The lowest BCUT2D eigenvalue weighted by atomic mass is 10.1. The highest BCUT2D eigenvalue weighted by molar-refractivity contribution is 14.0. The second kappa shape index (κ2) is 11.1. The molecule has 146 valence electrons. The normalized spacial score (nSPS) is 15.2. The van der Waals surface area contributed by atoms with Crippen molar-refractivity contribution in [2.24, 2.45) is 4.99 Å². The van der Waals surface area contributed by atoms with Crippen molar-refractivity contribution in [3.05, 3.63) is 54.0 Å². The van der Waals surface area contributed by atoms with Crippen molar-refractivity contribution < 1.29 is 0 Å². The molecule has 1 aliphatic rings. The van der Waals surface area contributed by atoms with Crippen molar-refractivity contribution in [2.45, 2.75) is 32.2 Å². The zero-order valence-corrected chi connectivity index (χ0v) is 18.4. The van der Waals surface area contributed by atoms with Gasteiger partial charge in [-0.2, -0.15) is 0 Å². The molecule has 7 heteroatoms. The zero-order valence-electron chi connectivity index (χ0n) is 16.1. The van der Waals surface area contributed by atoms with Gasteiger partial charge in [-0.1, -0.05) is 12.1 Å². The van der Waals surface area contributed by atoms with Gasteiger partial charge in [-0.25, -0.2) is 4.98 Å². The van der Waals surface area contributed by atoms with E-state index in [1.165, 1.54) is 5.56 Å². The molecule has 3 rings (SSSR count). The van der Waals surface area contributed by atoms with E-state index in [0.717, 1.165) is 56.4 Å². The van der Waals surface area contributed by atoms with Gasteiger partial charge in [0.1, 0.15) is 5.82 Å². The largest absolute Gasteiger partial charge is 0.356 e. The average Bonchev–Trinajstić information content (AvgIpc) is 2.70. The van der Waals surface area contributed by atoms with Gasteiger partial charge >= 0.3 is 0 Å². The number of nitrogens with zero attached hydrogens (tertiary/aromatic N) is 4. The molecule has 0 aromatic carbocycles. The lowest BCUT2D eigenvalue weighted by Crippen LogP contribution is -2.49. The molecule has 0 aliphatic carbocycles. The van der Waals surface area contributed by atoms with E-state index in [4.69, 9.17) is 0 Å². The Hall–Kier alpha value is -1.90. The van der Waals surface area contributed by atoms with Gasteiger partial charge in [0.2, 0.25) is 0 Å². The number of anilines is 1. The Kier molecular flexibility index (Phi) is 8.77. The fraction of sp³-hybridized carbons (Fsp3) is 0.450. The molecule has 0 amide bonds. The fourth-order valence-corrected chi connectivity index (χ4v) is 3.15. The molecular weight excluding hydrogens is 451 g/mol. The third kappa shape index (κ3) is 6.64. The standard InChI is InChI=1S/C20H28N6.HI/c1-16-6-7-17(15-24-16)8-12-23-20(21-2)25-18-9-13-26(14-10-18)19-5-3-4-11-22-19;/h3-7,11,15,18H,8-10,12-14H2,1-2H3,(H2,21,23,25);1H. The summed E-state index contributed by atoms with van der Waals surface area (Å²) in [4.78, 5) is 15.5. The SMILES string of the molecule is CN=C(NCCc1ccc(C)nc1)NC1CCN(c2ccccn2)CC1.I. The Morgan fingerprint density at radius 1 is 1.19 bits per heavy atom. The van der Waals surface area contributed by atoms with Crippen LogP contribution in [0.15, 0.2) is 47.7 Å². The number of aromatic nitrogens is 2. The van der Waals surface area contributed by atoms with Crippen molar-refractivity contribution in [3.8, 4) is 0 Å². The minimum atomic E-state index is 0. The molecule has 3 heterocycles. The summed E-state index contributed by atoms with van der Waals surface area (Å²) in [6.07, 6.45) is 6.90. The van der Waals surface area contributed by atoms with Crippen molar-refractivity contribution in [1.82, 2.24) is 20.6 Å². The summed E-state index contributed by atoms with van der Waals surface area (Å²) >= 11 is 0. The van der Waals surface area contributed by atoms with Crippen molar-refractivity contribution in [1.29, 1.82) is 0 Å². The summed E-state index contributed by atoms with van der Waals surface area (Å²) in [5.41, 5.74) is 2.29. The van der Waals surface area contributed by atoms with Gasteiger partial charge in [-0.15, -0.1) is 24.0 Å². The smallest absolute Gasteiger partial charge is 0.191 e. The van der Waals surface area contributed by atoms with E-state index in [0.29, 0.717) is 6.04 Å². The molecule has 1 fully saturated rings. The maximum atomic E-state index is 4.44. The number of piperidine rings is 1. The van der Waals surface area contributed by atoms with Gasteiger partial charge in [0, 0.05) is 50.8 Å². The van der Waals surface area contributed by atoms with E-state index in [9.17, 15) is 0 Å².